The van der Waals surface area contributed by atoms with E-state index in [-0.39, 0.29) is 0 Å². The van der Waals surface area contributed by atoms with Crippen LogP contribution in [0.5, 0.6) is 0 Å². The van der Waals surface area contributed by atoms with Crippen LogP contribution < -0.4 is 5.32 Å². The SMILES string of the molecule is CC(C)c1ccc(Nc2ccc(F)cc2C#N)cc1. The van der Waals surface area contributed by atoms with Crippen molar-refractivity contribution in [3.63, 3.8) is 0 Å². The van der Waals surface area contributed by atoms with Gasteiger partial charge in [0.2, 0.25) is 0 Å². The van der Waals surface area contributed by atoms with Crippen molar-refractivity contribution < 1.29 is 4.39 Å². The number of hydrogen-bond donors (Lipinski definition) is 1. The molecule has 0 saturated carbocycles. The minimum atomic E-state index is -0.405. The lowest BCUT2D eigenvalue weighted by atomic mass is 10.0. The first-order valence-electron chi connectivity index (χ1n) is 6.17. The van der Waals surface area contributed by atoms with Gasteiger partial charge in [0.05, 0.1) is 11.3 Å². The van der Waals surface area contributed by atoms with Crippen LogP contribution in [0.4, 0.5) is 15.8 Å². The number of nitrogens with one attached hydrogen (secondary N) is 1. The molecule has 0 radical (unpaired) electrons. The Kier molecular flexibility index (Phi) is 3.82. The second-order valence-corrected chi connectivity index (χ2v) is 4.70. The zero-order valence-corrected chi connectivity index (χ0v) is 10.9. The fourth-order valence-electron chi connectivity index (χ4n) is 1.82. The van der Waals surface area contributed by atoms with Crippen molar-refractivity contribution in [3.8, 4) is 6.07 Å². The van der Waals surface area contributed by atoms with Gasteiger partial charge in [0.15, 0.2) is 0 Å². The Morgan fingerprint density at radius 1 is 1.11 bits per heavy atom. The van der Waals surface area contributed by atoms with Crippen LogP contribution in [0, 0.1) is 17.1 Å². The van der Waals surface area contributed by atoms with Gasteiger partial charge in [-0.1, -0.05) is 26.0 Å². The van der Waals surface area contributed by atoms with Crippen LogP contribution in [0.1, 0.15) is 30.9 Å². The third kappa shape index (κ3) is 3.11. The maximum Gasteiger partial charge on any atom is 0.124 e. The van der Waals surface area contributed by atoms with Gasteiger partial charge in [-0.25, -0.2) is 4.39 Å². The molecule has 0 fully saturated rings. The monoisotopic (exact) mass is 254 g/mol. The number of nitrogens with zero attached hydrogens (tertiary/aromatic N) is 1. The Bertz CT molecular complexity index is 610. The second-order valence-electron chi connectivity index (χ2n) is 4.70. The van der Waals surface area contributed by atoms with Gasteiger partial charge in [-0.2, -0.15) is 5.26 Å². The van der Waals surface area contributed by atoms with E-state index in [0.717, 1.165) is 5.69 Å². The normalized spacial score (nSPS) is 10.3. The van der Waals surface area contributed by atoms with Crippen molar-refractivity contribution in [2.75, 3.05) is 5.32 Å². The van der Waals surface area contributed by atoms with Crippen molar-refractivity contribution in [3.05, 3.63) is 59.4 Å². The third-order valence-corrected chi connectivity index (χ3v) is 2.96. The first kappa shape index (κ1) is 13.1. The predicted molar refractivity (Wildman–Crippen MR) is 74.9 cm³/mol. The molecule has 19 heavy (non-hydrogen) atoms. The van der Waals surface area contributed by atoms with Gasteiger partial charge >= 0.3 is 0 Å². The fourth-order valence-corrected chi connectivity index (χ4v) is 1.82. The zero-order chi connectivity index (χ0) is 13.8. The lowest BCUT2D eigenvalue weighted by Gasteiger charge is -2.10. The van der Waals surface area contributed by atoms with Gasteiger partial charge in [-0.3, -0.25) is 0 Å². The molecule has 0 aromatic heterocycles. The Labute approximate surface area is 112 Å². The number of halogens is 1. The second kappa shape index (κ2) is 5.53. The molecule has 96 valence electrons. The van der Waals surface area contributed by atoms with E-state index in [0.29, 0.717) is 17.2 Å². The summed E-state index contributed by atoms with van der Waals surface area (Å²) in [6.45, 7) is 4.27. The van der Waals surface area contributed by atoms with Crippen LogP contribution in [-0.2, 0) is 0 Å². The van der Waals surface area contributed by atoms with E-state index in [9.17, 15) is 4.39 Å². The smallest absolute Gasteiger partial charge is 0.124 e. The Morgan fingerprint density at radius 2 is 1.79 bits per heavy atom. The molecule has 2 nitrogen and oxygen atoms in total. The summed E-state index contributed by atoms with van der Waals surface area (Å²) >= 11 is 0. The molecule has 0 aliphatic carbocycles. The lowest BCUT2D eigenvalue weighted by Crippen LogP contribution is -1.95. The summed E-state index contributed by atoms with van der Waals surface area (Å²) in [4.78, 5) is 0. The van der Waals surface area contributed by atoms with Gasteiger partial charge in [0.1, 0.15) is 11.9 Å². The van der Waals surface area contributed by atoms with Crippen LogP contribution in [0.2, 0.25) is 0 Å². The molecule has 0 bridgehead atoms. The third-order valence-electron chi connectivity index (χ3n) is 2.96. The molecule has 0 spiro atoms. The Balaban J connectivity index is 2.24. The van der Waals surface area contributed by atoms with E-state index in [1.54, 1.807) is 6.07 Å². The minimum Gasteiger partial charge on any atom is -0.354 e. The molecular weight excluding hydrogens is 239 g/mol. The molecule has 2 rings (SSSR count). The van der Waals surface area contributed by atoms with Crippen LogP contribution in [0.15, 0.2) is 42.5 Å². The van der Waals surface area contributed by atoms with Gasteiger partial charge in [0, 0.05) is 5.69 Å². The molecule has 0 heterocycles. The van der Waals surface area contributed by atoms with Crippen LogP contribution >= 0.6 is 0 Å². The van der Waals surface area contributed by atoms with Crippen molar-refractivity contribution in [2.45, 2.75) is 19.8 Å². The van der Waals surface area contributed by atoms with Gasteiger partial charge in [0.25, 0.3) is 0 Å². The number of benzene rings is 2. The summed E-state index contributed by atoms with van der Waals surface area (Å²) in [7, 11) is 0. The van der Waals surface area contributed by atoms with E-state index < -0.39 is 5.82 Å². The molecule has 3 heteroatoms. The lowest BCUT2D eigenvalue weighted by molar-refractivity contribution is 0.627. The van der Waals surface area contributed by atoms with Crippen molar-refractivity contribution >= 4 is 11.4 Å². The van der Waals surface area contributed by atoms with Gasteiger partial charge in [-0.05, 0) is 41.8 Å². The van der Waals surface area contributed by atoms with Crippen molar-refractivity contribution in [2.24, 2.45) is 0 Å². The molecule has 0 aliphatic rings. The number of rotatable bonds is 3. The molecule has 0 atom stereocenters. The summed E-state index contributed by atoms with van der Waals surface area (Å²) in [6.07, 6.45) is 0. The van der Waals surface area contributed by atoms with E-state index in [2.05, 4.69) is 19.2 Å². The van der Waals surface area contributed by atoms with E-state index in [4.69, 9.17) is 5.26 Å². The van der Waals surface area contributed by atoms with E-state index in [1.165, 1.54) is 17.7 Å². The predicted octanol–water partition coefficient (Wildman–Crippen LogP) is 4.56. The fraction of sp³-hybridized carbons (Fsp3) is 0.188. The largest absolute Gasteiger partial charge is 0.354 e. The molecule has 0 saturated heterocycles. The van der Waals surface area contributed by atoms with Crippen LogP contribution in [0.25, 0.3) is 0 Å². The molecule has 2 aromatic rings. The number of hydrogen-bond acceptors (Lipinski definition) is 2. The zero-order valence-electron chi connectivity index (χ0n) is 10.9. The van der Waals surface area contributed by atoms with Gasteiger partial charge < -0.3 is 5.32 Å². The summed E-state index contributed by atoms with van der Waals surface area (Å²) in [6, 6.07) is 14.1. The Hall–Kier alpha value is -2.34. The highest BCUT2D eigenvalue weighted by atomic mass is 19.1. The number of anilines is 2. The van der Waals surface area contributed by atoms with E-state index >= 15 is 0 Å². The average Bonchev–Trinajstić information content (AvgIpc) is 2.41. The van der Waals surface area contributed by atoms with Crippen molar-refractivity contribution in [1.82, 2.24) is 0 Å². The molecule has 1 N–H and O–H groups in total. The molecule has 2 aromatic carbocycles. The van der Waals surface area contributed by atoms with E-state index in [1.807, 2.05) is 30.3 Å². The maximum atomic E-state index is 13.0. The summed E-state index contributed by atoms with van der Waals surface area (Å²) in [5.41, 5.74) is 3.05. The average molecular weight is 254 g/mol. The molecule has 0 aliphatic heterocycles. The van der Waals surface area contributed by atoms with Crippen molar-refractivity contribution in [1.29, 1.82) is 5.26 Å². The first-order valence-corrected chi connectivity index (χ1v) is 6.17. The first-order chi connectivity index (χ1) is 9.10. The topological polar surface area (TPSA) is 35.8 Å². The van der Waals surface area contributed by atoms with Crippen LogP contribution in [-0.4, -0.2) is 0 Å². The summed E-state index contributed by atoms with van der Waals surface area (Å²) in [5, 5.41) is 12.1. The highest BCUT2D eigenvalue weighted by Crippen LogP contribution is 2.23. The van der Waals surface area contributed by atoms with Crippen LogP contribution in [0.3, 0.4) is 0 Å². The minimum absolute atomic E-state index is 0.299. The van der Waals surface area contributed by atoms with Gasteiger partial charge in [-0.15, -0.1) is 0 Å². The summed E-state index contributed by atoms with van der Waals surface area (Å²) < 4.78 is 13.0. The highest BCUT2D eigenvalue weighted by molar-refractivity contribution is 5.66. The highest BCUT2D eigenvalue weighted by Gasteiger charge is 2.04. The maximum absolute atomic E-state index is 13.0. The Morgan fingerprint density at radius 3 is 2.37 bits per heavy atom. The molecular formula is C16H15FN2. The number of nitriles is 1. The summed E-state index contributed by atoms with van der Waals surface area (Å²) in [5.74, 6) is 0.0757. The molecule has 0 unspecified atom stereocenters. The quantitative estimate of drug-likeness (QED) is 0.871. The standard InChI is InChI=1S/C16H15FN2/c1-11(2)12-3-6-15(7-4-12)19-16-8-5-14(17)9-13(16)10-18/h3-9,11,19H,1-2H3. The molecule has 0 amide bonds.